The Kier molecular flexibility index (Phi) is 10.5. The Morgan fingerprint density at radius 1 is 0.763 bits per heavy atom. The van der Waals surface area contributed by atoms with E-state index in [-0.39, 0.29) is 5.41 Å². The van der Waals surface area contributed by atoms with Crippen molar-refractivity contribution in [3.63, 3.8) is 0 Å². The molecule has 288 valence electrons. The Morgan fingerprint density at radius 2 is 1.51 bits per heavy atom. The molecule has 2 unspecified atom stereocenters. The van der Waals surface area contributed by atoms with Gasteiger partial charge in [-0.25, -0.2) is 9.98 Å². The summed E-state index contributed by atoms with van der Waals surface area (Å²) in [5, 5.41) is 1.30. The summed E-state index contributed by atoms with van der Waals surface area (Å²) in [6, 6.07) is 54.3. The van der Waals surface area contributed by atoms with E-state index >= 15 is 0 Å². The standard InChI is InChI=1S/C55H48N4/c1-4-46-47(25-17-27-50(46)59-51-26-13-12-24-48(51)49-33-32-44(37-52(49)59)41-20-10-6-11-21-41)42-30-28-39(29-31-42)38-57-53(58-54(56-3)55(2)34-14-7-15-35-55)45-23-16-22-43(36-45)40-18-8-5-9-19-40/h5-34,36,44H,3-4,35,37-38H2,1-2H3. The number of nitrogens with zero attached hydrogens (tertiary/aromatic N) is 4. The third kappa shape index (κ3) is 7.50. The van der Waals surface area contributed by atoms with E-state index in [2.05, 4.69) is 212 Å². The number of aliphatic imine (C=N–C) groups is 3. The number of amidine groups is 2. The van der Waals surface area contributed by atoms with Crippen LogP contribution in [0.15, 0.2) is 197 Å². The Bertz CT molecular complexity index is 2800. The SMILES string of the molecule is C=NC(=NC(=NCc1ccc(-c2cccc(-n3c4c(c5ccccc53)C=CC(c3ccccc3)C4)c2CC)cc1)c1cccc(-c2ccccc2)c1)C1(C)C=CC=CC1. The zero-order valence-electron chi connectivity index (χ0n) is 33.8. The monoisotopic (exact) mass is 764 g/mol. The second-order valence-corrected chi connectivity index (χ2v) is 15.7. The van der Waals surface area contributed by atoms with Crippen molar-refractivity contribution in [3.8, 4) is 27.9 Å². The van der Waals surface area contributed by atoms with Crippen LogP contribution in [0, 0.1) is 5.41 Å². The minimum atomic E-state index is -0.367. The highest BCUT2D eigenvalue weighted by molar-refractivity contribution is 6.09. The Balaban J connectivity index is 1.06. The number of rotatable bonds is 9. The fraction of sp³-hybridized carbons (Fsp3) is 0.145. The summed E-state index contributed by atoms with van der Waals surface area (Å²) >= 11 is 0. The molecule has 0 saturated heterocycles. The summed E-state index contributed by atoms with van der Waals surface area (Å²) < 4.78 is 2.54. The lowest BCUT2D eigenvalue weighted by atomic mass is 9.82. The number of hydrogen-bond donors (Lipinski definition) is 0. The van der Waals surface area contributed by atoms with Crippen LogP contribution < -0.4 is 0 Å². The second kappa shape index (κ2) is 16.5. The smallest absolute Gasteiger partial charge is 0.157 e. The molecule has 6 aromatic carbocycles. The highest BCUT2D eigenvalue weighted by Crippen LogP contribution is 2.40. The first-order chi connectivity index (χ1) is 29.0. The van der Waals surface area contributed by atoms with Crippen LogP contribution in [0.4, 0.5) is 0 Å². The summed E-state index contributed by atoms with van der Waals surface area (Å²) in [7, 11) is 0. The molecule has 0 spiro atoms. The van der Waals surface area contributed by atoms with Gasteiger partial charge in [0.25, 0.3) is 0 Å². The second-order valence-electron chi connectivity index (χ2n) is 15.7. The maximum absolute atomic E-state index is 5.18. The van der Waals surface area contributed by atoms with Crippen LogP contribution in [0.2, 0.25) is 0 Å². The van der Waals surface area contributed by atoms with Crippen LogP contribution >= 0.6 is 0 Å². The molecule has 0 amide bonds. The molecule has 4 heteroatoms. The number of aromatic nitrogens is 1. The van der Waals surface area contributed by atoms with Crippen LogP contribution in [0.25, 0.3) is 44.9 Å². The van der Waals surface area contributed by atoms with Crippen LogP contribution in [0.5, 0.6) is 0 Å². The van der Waals surface area contributed by atoms with E-state index in [1.807, 2.05) is 6.07 Å². The normalized spacial score (nSPS) is 17.6. The van der Waals surface area contributed by atoms with Crippen LogP contribution in [-0.4, -0.2) is 23.0 Å². The molecule has 0 N–H and O–H groups in total. The number of allylic oxidation sites excluding steroid dienone is 4. The molecular weight excluding hydrogens is 717 g/mol. The molecule has 1 aromatic heterocycles. The highest BCUT2D eigenvalue weighted by Gasteiger charge is 2.28. The number of hydrogen-bond acceptors (Lipinski definition) is 1. The van der Waals surface area contributed by atoms with Gasteiger partial charge in [-0.3, -0.25) is 4.99 Å². The van der Waals surface area contributed by atoms with Gasteiger partial charge in [0.05, 0.1) is 12.1 Å². The first kappa shape index (κ1) is 37.7. The molecule has 0 aliphatic heterocycles. The summed E-state index contributed by atoms with van der Waals surface area (Å²) in [5.74, 6) is 1.64. The van der Waals surface area contributed by atoms with E-state index in [4.69, 9.17) is 9.98 Å². The minimum absolute atomic E-state index is 0.332. The molecule has 2 aliphatic carbocycles. The first-order valence-corrected chi connectivity index (χ1v) is 20.7. The predicted octanol–water partition coefficient (Wildman–Crippen LogP) is 13.4. The van der Waals surface area contributed by atoms with E-state index in [1.54, 1.807) is 0 Å². The maximum atomic E-state index is 5.18. The van der Waals surface area contributed by atoms with Crippen LogP contribution in [-0.2, 0) is 19.4 Å². The lowest BCUT2D eigenvalue weighted by Crippen LogP contribution is -2.25. The fourth-order valence-electron chi connectivity index (χ4n) is 8.78. The third-order valence-corrected chi connectivity index (χ3v) is 11.9. The molecule has 0 fully saturated rings. The molecule has 9 rings (SSSR count). The maximum Gasteiger partial charge on any atom is 0.157 e. The lowest BCUT2D eigenvalue weighted by molar-refractivity contribution is 0.597. The van der Waals surface area contributed by atoms with Crippen molar-refractivity contribution in [2.24, 2.45) is 20.4 Å². The average Bonchev–Trinajstić information content (AvgIpc) is 3.63. The third-order valence-electron chi connectivity index (χ3n) is 11.9. The van der Waals surface area contributed by atoms with E-state index in [1.165, 1.54) is 50.1 Å². The quantitative estimate of drug-likeness (QED) is 0.104. The molecule has 1 heterocycles. The average molecular weight is 765 g/mol. The van der Waals surface area contributed by atoms with Crippen molar-refractivity contribution in [3.05, 3.63) is 216 Å². The van der Waals surface area contributed by atoms with Gasteiger partial charge in [0, 0.05) is 39.2 Å². The van der Waals surface area contributed by atoms with Gasteiger partial charge in [-0.15, -0.1) is 0 Å². The van der Waals surface area contributed by atoms with E-state index < -0.39 is 0 Å². The summed E-state index contributed by atoms with van der Waals surface area (Å²) in [6.07, 6.45) is 15.8. The first-order valence-electron chi connectivity index (χ1n) is 20.7. The van der Waals surface area contributed by atoms with Gasteiger partial charge in [-0.05, 0) is 90.0 Å². The Hall–Kier alpha value is -6.91. The zero-order chi connectivity index (χ0) is 40.2. The Morgan fingerprint density at radius 3 is 2.27 bits per heavy atom. The van der Waals surface area contributed by atoms with Crippen molar-refractivity contribution >= 4 is 35.4 Å². The zero-order valence-corrected chi connectivity index (χ0v) is 33.8. The molecule has 4 nitrogen and oxygen atoms in total. The van der Waals surface area contributed by atoms with Gasteiger partial charge in [0.2, 0.25) is 0 Å². The van der Waals surface area contributed by atoms with E-state index in [0.717, 1.165) is 41.5 Å². The van der Waals surface area contributed by atoms with Gasteiger partial charge >= 0.3 is 0 Å². The van der Waals surface area contributed by atoms with Gasteiger partial charge < -0.3 is 4.57 Å². The van der Waals surface area contributed by atoms with Crippen molar-refractivity contribution in [2.45, 2.75) is 45.6 Å². The Labute approximate surface area is 348 Å². The molecule has 0 radical (unpaired) electrons. The van der Waals surface area contributed by atoms with Crippen molar-refractivity contribution < 1.29 is 0 Å². The van der Waals surface area contributed by atoms with Gasteiger partial charge in [-0.1, -0.05) is 177 Å². The van der Waals surface area contributed by atoms with Gasteiger partial charge in [0.15, 0.2) is 5.84 Å². The van der Waals surface area contributed by atoms with Crippen LogP contribution in [0.3, 0.4) is 0 Å². The summed E-state index contributed by atoms with van der Waals surface area (Å²) in [5.41, 5.74) is 14.3. The molecule has 59 heavy (non-hydrogen) atoms. The van der Waals surface area contributed by atoms with Crippen molar-refractivity contribution in [2.75, 3.05) is 0 Å². The molecule has 2 aliphatic rings. The predicted molar refractivity (Wildman–Crippen MR) is 250 cm³/mol. The number of benzene rings is 6. The summed E-state index contributed by atoms with van der Waals surface area (Å²) in [6.45, 7) is 8.85. The number of para-hydroxylation sites is 1. The van der Waals surface area contributed by atoms with Crippen molar-refractivity contribution in [1.29, 1.82) is 0 Å². The summed E-state index contributed by atoms with van der Waals surface area (Å²) in [4.78, 5) is 14.8. The number of fused-ring (bicyclic) bond motifs is 3. The topological polar surface area (TPSA) is 42.0 Å². The molecule has 0 saturated carbocycles. The van der Waals surface area contributed by atoms with Crippen molar-refractivity contribution in [1.82, 2.24) is 4.57 Å². The van der Waals surface area contributed by atoms with Gasteiger partial charge in [-0.2, -0.15) is 0 Å². The highest BCUT2D eigenvalue weighted by atomic mass is 15.0. The molecule has 7 aromatic rings. The van der Waals surface area contributed by atoms with E-state index in [9.17, 15) is 0 Å². The molecule has 2 atom stereocenters. The van der Waals surface area contributed by atoms with E-state index in [0.29, 0.717) is 24.1 Å². The molecular formula is C55H48N4. The van der Waals surface area contributed by atoms with Crippen LogP contribution in [0.1, 0.15) is 59.7 Å². The fourth-order valence-corrected chi connectivity index (χ4v) is 8.78. The lowest BCUT2D eigenvalue weighted by Gasteiger charge is -2.25. The minimum Gasteiger partial charge on any atom is -0.313 e. The largest absolute Gasteiger partial charge is 0.313 e. The van der Waals surface area contributed by atoms with Gasteiger partial charge in [0.1, 0.15) is 5.84 Å². The molecule has 0 bridgehead atoms.